The number of nitro groups is 1. The molecule has 0 amide bonds. The van der Waals surface area contributed by atoms with Crippen LogP contribution in [0.15, 0.2) is 18.2 Å². The van der Waals surface area contributed by atoms with Crippen molar-refractivity contribution in [1.29, 1.82) is 0 Å². The van der Waals surface area contributed by atoms with E-state index >= 15 is 0 Å². The molecule has 2 N–H and O–H groups in total. The van der Waals surface area contributed by atoms with Gasteiger partial charge < -0.3 is 10.6 Å². The molecule has 17 heavy (non-hydrogen) atoms. The Labute approximate surface area is 98.2 Å². The van der Waals surface area contributed by atoms with Gasteiger partial charge in [-0.1, -0.05) is 0 Å². The molecule has 1 aromatic rings. The number of nitro benzene ring substituents is 1. The van der Waals surface area contributed by atoms with Crippen LogP contribution in [0.5, 0.6) is 0 Å². The van der Waals surface area contributed by atoms with Crippen molar-refractivity contribution in [3.8, 4) is 0 Å². The predicted octanol–water partition coefficient (Wildman–Crippen LogP) is 1.66. The summed E-state index contributed by atoms with van der Waals surface area (Å²) in [5.41, 5.74) is 6.07. The van der Waals surface area contributed by atoms with Crippen LogP contribution in [0.3, 0.4) is 0 Å². The first kappa shape index (κ1) is 11.8. The van der Waals surface area contributed by atoms with Gasteiger partial charge in [0.05, 0.1) is 11.0 Å². The molecule has 0 spiro atoms. The van der Waals surface area contributed by atoms with Gasteiger partial charge in [0.25, 0.3) is 5.69 Å². The van der Waals surface area contributed by atoms with E-state index in [1.54, 1.807) is 0 Å². The molecule has 0 unspecified atom stereocenters. The van der Waals surface area contributed by atoms with Crippen LogP contribution in [-0.2, 0) is 0 Å². The normalized spacial score (nSPS) is 17.2. The Morgan fingerprint density at radius 3 is 2.65 bits per heavy atom. The summed E-state index contributed by atoms with van der Waals surface area (Å²) in [6, 6.07) is 3.83. The minimum absolute atomic E-state index is 0.158. The highest BCUT2D eigenvalue weighted by Crippen LogP contribution is 2.30. The number of benzene rings is 1. The average molecular weight is 239 g/mol. The zero-order chi connectivity index (χ0) is 12.4. The second-order valence-electron chi connectivity index (χ2n) is 4.21. The molecule has 0 saturated carbocycles. The van der Waals surface area contributed by atoms with Crippen LogP contribution in [0.1, 0.15) is 12.8 Å². The molecule has 2 rings (SSSR count). The highest BCUT2D eigenvalue weighted by Gasteiger charge is 2.23. The molecule has 1 heterocycles. The lowest BCUT2D eigenvalue weighted by Crippen LogP contribution is -2.39. The Bertz CT molecular complexity index is 431. The van der Waals surface area contributed by atoms with E-state index in [1.807, 2.05) is 4.90 Å². The molecule has 1 saturated heterocycles. The number of anilines is 1. The summed E-state index contributed by atoms with van der Waals surface area (Å²) in [5.74, 6) is -0.589. The number of nitrogens with zero attached hydrogens (tertiary/aromatic N) is 2. The molecule has 0 aromatic heterocycles. The predicted molar refractivity (Wildman–Crippen MR) is 62.5 cm³/mol. The van der Waals surface area contributed by atoms with Gasteiger partial charge in [0, 0.05) is 19.1 Å². The highest BCUT2D eigenvalue weighted by atomic mass is 19.1. The third-order valence-electron chi connectivity index (χ3n) is 3.01. The van der Waals surface area contributed by atoms with E-state index in [0.29, 0.717) is 18.8 Å². The molecule has 1 fully saturated rings. The molecule has 1 aliphatic heterocycles. The molecule has 92 valence electrons. The molecule has 0 bridgehead atoms. The van der Waals surface area contributed by atoms with Gasteiger partial charge in [0.1, 0.15) is 11.5 Å². The molecule has 1 aromatic carbocycles. The Morgan fingerprint density at radius 1 is 1.41 bits per heavy atom. The van der Waals surface area contributed by atoms with Crippen molar-refractivity contribution in [2.24, 2.45) is 5.73 Å². The van der Waals surface area contributed by atoms with Crippen LogP contribution in [0.4, 0.5) is 15.8 Å². The standard InChI is InChI=1S/C11H14FN3O2/c12-8-1-2-10(11(7-8)15(16)17)14-5-3-9(13)4-6-14/h1-2,7,9H,3-6,13H2. The monoisotopic (exact) mass is 239 g/mol. The number of nitrogens with two attached hydrogens (primary N) is 1. The minimum Gasteiger partial charge on any atom is -0.366 e. The van der Waals surface area contributed by atoms with E-state index in [9.17, 15) is 14.5 Å². The van der Waals surface area contributed by atoms with Crippen molar-refractivity contribution in [3.05, 3.63) is 34.1 Å². The van der Waals surface area contributed by atoms with E-state index in [-0.39, 0.29) is 11.7 Å². The van der Waals surface area contributed by atoms with Crippen LogP contribution < -0.4 is 10.6 Å². The molecule has 6 heteroatoms. The first-order valence-electron chi connectivity index (χ1n) is 5.52. The largest absolute Gasteiger partial charge is 0.366 e. The molecule has 0 atom stereocenters. The Balaban J connectivity index is 2.28. The molecule has 0 aliphatic carbocycles. The van der Waals surface area contributed by atoms with Gasteiger partial charge in [-0.25, -0.2) is 4.39 Å². The molecule has 5 nitrogen and oxygen atoms in total. The summed E-state index contributed by atoms with van der Waals surface area (Å²) in [6.07, 6.45) is 1.60. The fourth-order valence-corrected chi connectivity index (χ4v) is 2.05. The van der Waals surface area contributed by atoms with Gasteiger partial charge in [-0.05, 0) is 25.0 Å². The lowest BCUT2D eigenvalue weighted by Gasteiger charge is -2.31. The first-order chi connectivity index (χ1) is 8.08. The topological polar surface area (TPSA) is 72.4 Å². The van der Waals surface area contributed by atoms with Crippen molar-refractivity contribution in [1.82, 2.24) is 0 Å². The third kappa shape index (κ3) is 2.52. The number of rotatable bonds is 2. The second kappa shape index (κ2) is 4.67. The zero-order valence-corrected chi connectivity index (χ0v) is 9.30. The van der Waals surface area contributed by atoms with Crippen LogP contribution in [0.25, 0.3) is 0 Å². The average Bonchev–Trinajstić information content (AvgIpc) is 2.30. The quantitative estimate of drug-likeness (QED) is 0.629. The zero-order valence-electron chi connectivity index (χ0n) is 9.30. The van der Waals surface area contributed by atoms with Gasteiger partial charge in [-0.2, -0.15) is 0 Å². The second-order valence-corrected chi connectivity index (χ2v) is 4.21. The Morgan fingerprint density at radius 2 is 2.06 bits per heavy atom. The van der Waals surface area contributed by atoms with Crippen LogP contribution in [0, 0.1) is 15.9 Å². The van der Waals surface area contributed by atoms with E-state index in [4.69, 9.17) is 5.73 Å². The first-order valence-corrected chi connectivity index (χ1v) is 5.52. The summed E-state index contributed by atoms with van der Waals surface area (Å²) in [5, 5.41) is 10.9. The number of hydrogen-bond donors (Lipinski definition) is 1. The van der Waals surface area contributed by atoms with Crippen molar-refractivity contribution >= 4 is 11.4 Å². The molecular formula is C11H14FN3O2. The maximum atomic E-state index is 13.0. The van der Waals surface area contributed by atoms with Gasteiger partial charge >= 0.3 is 0 Å². The van der Waals surface area contributed by atoms with Crippen molar-refractivity contribution in [3.63, 3.8) is 0 Å². The lowest BCUT2D eigenvalue weighted by atomic mass is 10.1. The van der Waals surface area contributed by atoms with Gasteiger partial charge in [0.2, 0.25) is 0 Å². The summed E-state index contributed by atoms with van der Waals surface area (Å²) in [4.78, 5) is 12.2. The lowest BCUT2D eigenvalue weighted by molar-refractivity contribution is -0.384. The molecule has 0 radical (unpaired) electrons. The Hall–Kier alpha value is -1.69. The third-order valence-corrected chi connectivity index (χ3v) is 3.01. The number of hydrogen-bond acceptors (Lipinski definition) is 4. The van der Waals surface area contributed by atoms with E-state index < -0.39 is 10.7 Å². The van der Waals surface area contributed by atoms with Crippen LogP contribution in [-0.4, -0.2) is 24.1 Å². The van der Waals surface area contributed by atoms with Gasteiger partial charge in [-0.15, -0.1) is 0 Å². The summed E-state index contributed by atoms with van der Waals surface area (Å²) >= 11 is 0. The van der Waals surface area contributed by atoms with Crippen LogP contribution in [0.2, 0.25) is 0 Å². The van der Waals surface area contributed by atoms with E-state index in [2.05, 4.69) is 0 Å². The number of piperidine rings is 1. The molecular weight excluding hydrogens is 225 g/mol. The van der Waals surface area contributed by atoms with Crippen molar-refractivity contribution in [2.45, 2.75) is 18.9 Å². The summed E-state index contributed by atoms with van der Waals surface area (Å²) < 4.78 is 13.0. The van der Waals surface area contributed by atoms with Gasteiger partial charge in [-0.3, -0.25) is 10.1 Å². The number of halogens is 1. The van der Waals surface area contributed by atoms with E-state index in [1.165, 1.54) is 12.1 Å². The fraction of sp³-hybridized carbons (Fsp3) is 0.455. The summed E-state index contributed by atoms with van der Waals surface area (Å²) in [6.45, 7) is 1.35. The highest BCUT2D eigenvalue weighted by molar-refractivity contribution is 5.63. The maximum absolute atomic E-state index is 13.0. The molecule has 1 aliphatic rings. The van der Waals surface area contributed by atoms with Crippen molar-refractivity contribution in [2.75, 3.05) is 18.0 Å². The smallest absolute Gasteiger partial charge is 0.295 e. The minimum atomic E-state index is -0.589. The van der Waals surface area contributed by atoms with Gasteiger partial charge in [0.15, 0.2) is 0 Å². The van der Waals surface area contributed by atoms with Crippen LogP contribution >= 0.6 is 0 Å². The fourth-order valence-electron chi connectivity index (χ4n) is 2.05. The SMILES string of the molecule is NC1CCN(c2ccc(F)cc2[N+](=O)[O-])CC1. The van der Waals surface area contributed by atoms with E-state index in [0.717, 1.165) is 18.9 Å². The maximum Gasteiger partial charge on any atom is 0.295 e. The summed E-state index contributed by atoms with van der Waals surface area (Å²) in [7, 11) is 0. The van der Waals surface area contributed by atoms with Crippen molar-refractivity contribution < 1.29 is 9.31 Å². The Kier molecular flexibility index (Phi) is 3.23.